The summed E-state index contributed by atoms with van der Waals surface area (Å²) in [5.74, 6) is 0. The first-order valence-corrected chi connectivity index (χ1v) is 26.0. The van der Waals surface area contributed by atoms with Gasteiger partial charge in [-0.2, -0.15) is 0 Å². The highest BCUT2D eigenvalue weighted by Crippen LogP contribution is 2.24. The molecule has 2 amide bonds. The van der Waals surface area contributed by atoms with Gasteiger partial charge in [-0.1, -0.05) is 226 Å². The molecule has 1 fully saturated rings. The molecule has 0 aliphatic carbocycles. The van der Waals surface area contributed by atoms with Gasteiger partial charge in [-0.15, -0.1) is 0 Å². The summed E-state index contributed by atoms with van der Waals surface area (Å²) in [6.07, 6.45) is 34.7. The van der Waals surface area contributed by atoms with Crippen LogP contribution >= 0.6 is 0 Å². The van der Waals surface area contributed by atoms with Gasteiger partial charge in [0.1, 0.15) is 30.5 Å². The van der Waals surface area contributed by atoms with E-state index >= 15 is 0 Å². The zero-order valence-electron chi connectivity index (χ0n) is 39.9. The minimum Gasteiger partial charge on any atom is -0.390 e. The molecule has 0 aromatic rings. The van der Waals surface area contributed by atoms with Gasteiger partial charge in [0.2, 0.25) is 0 Å². The summed E-state index contributed by atoms with van der Waals surface area (Å²) < 4.78 is 16.5. The Morgan fingerprint density at radius 3 is 1.31 bits per heavy atom. The summed E-state index contributed by atoms with van der Waals surface area (Å²) in [6.45, 7) is 4.68. The third kappa shape index (κ3) is 31.5. The average Bonchev–Trinajstić information content (AvgIpc) is 3.25. The van der Waals surface area contributed by atoms with Crippen LogP contribution in [0.25, 0.3) is 0 Å². The summed E-state index contributed by atoms with van der Waals surface area (Å²) >= 11 is 0. The lowest BCUT2D eigenvalue weighted by molar-refractivity contribution is -0.304. The van der Waals surface area contributed by atoms with E-state index in [1.165, 1.54) is 187 Å². The predicted molar refractivity (Wildman–Crippen MR) is 250 cm³/mol. The number of carbonyl (C=O) groups excluding carboxylic acids is 1. The molecule has 1 saturated heterocycles. The first-order valence-electron chi connectivity index (χ1n) is 26.0. The normalized spacial score (nSPS) is 20.8. The van der Waals surface area contributed by atoms with Gasteiger partial charge in [0.15, 0.2) is 6.29 Å². The molecule has 61 heavy (non-hydrogen) atoms. The Labute approximate surface area is 374 Å². The number of urea groups is 1. The Hall–Kier alpha value is -1.05. The van der Waals surface area contributed by atoms with Crippen LogP contribution in [-0.2, 0) is 14.2 Å². The molecular weight excluding hydrogens is 773 g/mol. The van der Waals surface area contributed by atoms with Crippen LogP contribution in [-0.4, -0.2) is 107 Å². The van der Waals surface area contributed by atoms with Crippen LogP contribution < -0.4 is 10.6 Å². The van der Waals surface area contributed by atoms with Gasteiger partial charge < -0.3 is 50.4 Å². The van der Waals surface area contributed by atoms with Crippen molar-refractivity contribution in [2.24, 2.45) is 0 Å². The van der Waals surface area contributed by atoms with Crippen LogP contribution in [0.3, 0.4) is 0 Å². The lowest BCUT2D eigenvalue weighted by atomic mass is 9.98. The summed E-state index contributed by atoms with van der Waals surface area (Å²) in [5.41, 5.74) is 0. The Kier molecular flexibility index (Phi) is 39.6. The molecular formula is C50H100N2O9. The number of methoxy groups -OCH3 is 1. The van der Waals surface area contributed by atoms with E-state index < -0.39 is 55.0 Å². The van der Waals surface area contributed by atoms with Crippen molar-refractivity contribution in [3.63, 3.8) is 0 Å². The van der Waals surface area contributed by atoms with E-state index in [1.807, 2.05) is 0 Å². The number of aliphatic hydroxyl groups is 5. The maximum atomic E-state index is 13.0. The minimum atomic E-state index is -1.56. The Morgan fingerprint density at radius 1 is 0.541 bits per heavy atom. The SMILES string of the molecule is CCCCCCCCCCCCCCCCCCCCCCCCNC(=O)N[C@@H](COC1OC(COC)C(O)C(O)C1O)[C@H](O)[C@H](O)CCCCCCCCCCCCCC. The summed E-state index contributed by atoms with van der Waals surface area (Å²) in [4.78, 5) is 13.0. The van der Waals surface area contributed by atoms with E-state index in [0.717, 1.165) is 38.5 Å². The van der Waals surface area contributed by atoms with Gasteiger partial charge in [0.25, 0.3) is 0 Å². The van der Waals surface area contributed by atoms with Gasteiger partial charge in [-0.3, -0.25) is 0 Å². The van der Waals surface area contributed by atoms with Crippen molar-refractivity contribution < 1.29 is 44.5 Å². The van der Waals surface area contributed by atoms with Crippen molar-refractivity contribution in [2.75, 3.05) is 26.9 Å². The van der Waals surface area contributed by atoms with E-state index in [4.69, 9.17) is 14.2 Å². The van der Waals surface area contributed by atoms with Crippen molar-refractivity contribution in [2.45, 2.75) is 288 Å². The number of aliphatic hydroxyl groups excluding tert-OH is 5. The second kappa shape index (κ2) is 41.6. The van der Waals surface area contributed by atoms with E-state index in [2.05, 4.69) is 24.5 Å². The molecule has 0 aromatic carbocycles. The van der Waals surface area contributed by atoms with Crippen molar-refractivity contribution in [3.8, 4) is 0 Å². The molecule has 0 spiro atoms. The quantitative estimate of drug-likeness (QED) is 0.0295. The molecule has 1 heterocycles. The fraction of sp³-hybridized carbons (Fsp3) is 0.980. The van der Waals surface area contributed by atoms with Crippen LogP contribution in [0.2, 0.25) is 0 Å². The molecule has 0 radical (unpaired) electrons. The smallest absolute Gasteiger partial charge is 0.315 e. The third-order valence-corrected chi connectivity index (χ3v) is 12.7. The number of ether oxygens (including phenoxy) is 3. The van der Waals surface area contributed by atoms with Gasteiger partial charge in [0, 0.05) is 13.7 Å². The molecule has 8 atom stereocenters. The second-order valence-electron chi connectivity index (χ2n) is 18.5. The van der Waals surface area contributed by atoms with E-state index in [9.17, 15) is 30.3 Å². The Bertz CT molecular complexity index is 949. The van der Waals surface area contributed by atoms with Crippen LogP contribution in [0.1, 0.15) is 239 Å². The monoisotopic (exact) mass is 873 g/mol. The lowest BCUT2D eigenvalue weighted by Crippen LogP contribution is -2.60. The number of carbonyl (C=O) groups is 1. The van der Waals surface area contributed by atoms with E-state index in [1.54, 1.807) is 0 Å². The highest BCUT2D eigenvalue weighted by atomic mass is 16.7. The maximum Gasteiger partial charge on any atom is 0.315 e. The second-order valence-corrected chi connectivity index (χ2v) is 18.5. The molecule has 11 nitrogen and oxygen atoms in total. The maximum absolute atomic E-state index is 13.0. The first-order chi connectivity index (χ1) is 29.8. The first kappa shape index (κ1) is 58.0. The van der Waals surface area contributed by atoms with Crippen molar-refractivity contribution in [1.82, 2.24) is 10.6 Å². The lowest BCUT2D eigenvalue weighted by Gasteiger charge is -2.40. The standard InChI is InChI=1S/C50H100N2O9/c1-4-6-8-10-12-14-16-18-19-20-21-22-23-24-25-26-27-29-31-33-35-37-39-51-50(58)52-42(40-60-49-48(57)47(56)46(55)44(61-49)41-59-3)45(54)43(53)38-36-34-32-30-28-17-15-13-11-9-7-5-2/h42-49,53-57H,4-41H2,1-3H3,(H2,51,52,58)/t42-,43+,44?,45-,46?,47?,48?,49?/m0/s1. The molecule has 1 aliphatic heterocycles. The number of unbranched alkanes of at least 4 members (excludes halogenated alkanes) is 32. The fourth-order valence-electron chi connectivity index (χ4n) is 8.57. The minimum absolute atomic E-state index is 0.0329. The fourth-order valence-corrected chi connectivity index (χ4v) is 8.57. The Balaban J connectivity index is 2.30. The van der Waals surface area contributed by atoms with Crippen LogP contribution in [0, 0.1) is 0 Å². The van der Waals surface area contributed by atoms with Gasteiger partial charge >= 0.3 is 6.03 Å². The number of amides is 2. The Morgan fingerprint density at radius 2 is 0.918 bits per heavy atom. The average molecular weight is 873 g/mol. The predicted octanol–water partition coefficient (Wildman–Crippen LogP) is 10.5. The molecule has 11 heteroatoms. The van der Waals surface area contributed by atoms with E-state index in [-0.39, 0.29) is 13.2 Å². The number of nitrogens with one attached hydrogen (secondary N) is 2. The summed E-state index contributed by atoms with van der Waals surface area (Å²) in [5, 5.41) is 59.0. The molecule has 0 bridgehead atoms. The number of hydrogen-bond donors (Lipinski definition) is 7. The number of hydrogen-bond acceptors (Lipinski definition) is 9. The molecule has 0 saturated carbocycles. The molecule has 0 aromatic heterocycles. The number of rotatable bonds is 44. The zero-order chi connectivity index (χ0) is 44.6. The van der Waals surface area contributed by atoms with Crippen molar-refractivity contribution in [3.05, 3.63) is 0 Å². The van der Waals surface area contributed by atoms with Crippen molar-refractivity contribution >= 4 is 6.03 Å². The zero-order valence-corrected chi connectivity index (χ0v) is 39.9. The molecule has 5 unspecified atom stereocenters. The highest BCUT2D eigenvalue weighted by molar-refractivity contribution is 5.74. The largest absolute Gasteiger partial charge is 0.390 e. The van der Waals surface area contributed by atoms with Gasteiger partial charge in [-0.25, -0.2) is 4.79 Å². The highest BCUT2D eigenvalue weighted by Gasteiger charge is 2.45. The molecule has 1 aliphatic rings. The molecule has 1 rings (SSSR count). The van der Waals surface area contributed by atoms with Gasteiger partial charge in [-0.05, 0) is 12.8 Å². The summed E-state index contributed by atoms with van der Waals surface area (Å²) in [6, 6.07) is -1.50. The summed E-state index contributed by atoms with van der Waals surface area (Å²) in [7, 11) is 1.43. The third-order valence-electron chi connectivity index (χ3n) is 12.7. The molecule has 7 N–H and O–H groups in total. The molecule has 364 valence electrons. The van der Waals surface area contributed by atoms with Crippen molar-refractivity contribution in [1.29, 1.82) is 0 Å². The van der Waals surface area contributed by atoms with Crippen LogP contribution in [0.15, 0.2) is 0 Å². The van der Waals surface area contributed by atoms with Crippen LogP contribution in [0.5, 0.6) is 0 Å². The van der Waals surface area contributed by atoms with Gasteiger partial charge in [0.05, 0.1) is 25.4 Å². The van der Waals surface area contributed by atoms with E-state index in [0.29, 0.717) is 13.0 Å². The van der Waals surface area contributed by atoms with Crippen LogP contribution in [0.4, 0.5) is 4.79 Å². The topological polar surface area (TPSA) is 170 Å².